The highest BCUT2D eigenvalue weighted by molar-refractivity contribution is 5.85. The van der Waals surface area contributed by atoms with Crippen LogP contribution in [0.4, 0.5) is 14.4 Å². The maximum atomic E-state index is 12.6. The summed E-state index contributed by atoms with van der Waals surface area (Å²) in [6.07, 6.45) is 6.01. The number of nitrogens with one attached hydrogen (secondary N) is 6. The first-order valence-corrected chi connectivity index (χ1v) is 13.6. The van der Waals surface area contributed by atoms with Crippen LogP contribution in [0.3, 0.4) is 0 Å². The third-order valence-electron chi connectivity index (χ3n) is 7.95. The molecule has 4 atom stereocenters. The van der Waals surface area contributed by atoms with E-state index in [1.54, 1.807) is 0 Å². The highest BCUT2D eigenvalue weighted by Crippen LogP contribution is 2.48. The maximum absolute atomic E-state index is 12.6. The van der Waals surface area contributed by atoms with Crippen LogP contribution < -0.4 is 43.8 Å². The van der Waals surface area contributed by atoms with Crippen LogP contribution in [0.5, 0.6) is 0 Å². The molecular formula is C26H50N8O4. The van der Waals surface area contributed by atoms with E-state index in [4.69, 9.17) is 11.7 Å². The fraction of sp³-hybridized carbons (Fsp3) is 0.846. The molecule has 4 unspecified atom stereocenters. The minimum Gasteiger partial charge on any atom is -0.338 e. The standard InChI is InChI=1S/C26H50N8O4/c1-23(2)9-17(31-21(37)33-27)11-25(5,14-23)8-7-19(35)13-29-20(36)30-16-26(6)12-18(32-22(38)34-28)10-24(3,4)15-26/h17-18H,7-16,27-28H2,1-6H3,(H2,29,30,36)(H2,31,33,37)(H2,32,34,38). The van der Waals surface area contributed by atoms with E-state index in [1.165, 1.54) is 0 Å². The summed E-state index contributed by atoms with van der Waals surface area (Å²) in [5.74, 6) is 10.4. The van der Waals surface area contributed by atoms with Crippen LogP contribution >= 0.6 is 0 Å². The maximum Gasteiger partial charge on any atom is 0.329 e. The van der Waals surface area contributed by atoms with Gasteiger partial charge < -0.3 is 21.3 Å². The van der Waals surface area contributed by atoms with Crippen molar-refractivity contribution < 1.29 is 19.2 Å². The van der Waals surface area contributed by atoms with Gasteiger partial charge in [-0.15, -0.1) is 0 Å². The lowest BCUT2D eigenvalue weighted by molar-refractivity contribution is -0.119. The van der Waals surface area contributed by atoms with Gasteiger partial charge in [0, 0.05) is 25.0 Å². The number of rotatable bonds is 9. The van der Waals surface area contributed by atoms with Crippen molar-refractivity contribution in [2.45, 2.75) is 105 Å². The van der Waals surface area contributed by atoms with Gasteiger partial charge in [-0.05, 0) is 66.6 Å². The summed E-state index contributed by atoms with van der Waals surface area (Å²) in [6.45, 7) is 13.3. The second-order valence-corrected chi connectivity index (χ2v) is 13.8. The van der Waals surface area contributed by atoms with E-state index in [1.807, 2.05) is 0 Å². The van der Waals surface area contributed by atoms with Crippen molar-refractivity contribution in [2.75, 3.05) is 13.1 Å². The lowest BCUT2D eigenvalue weighted by atomic mass is 9.61. The van der Waals surface area contributed by atoms with Gasteiger partial charge in [-0.3, -0.25) is 15.6 Å². The van der Waals surface area contributed by atoms with Gasteiger partial charge in [0.25, 0.3) is 0 Å². The van der Waals surface area contributed by atoms with E-state index in [2.05, 4.69) is 73.7 Å². The SMILES string of the molecule is CC1(C)CC(NC(=O)NN)CC(C)(CCC(=O)CNC(=O)NCC2(C)CC(NC(=O)NN)CC(C)(C)C2)C1. The quantitative estimate of drug-likeness (QED) is 0.126. The molecule has 12 nitrogen and oxygen atoms in total. The number of hydrazine groups is 2. The normalized spacial score (nSPS) is 29.9. The Morgan fingerprint density at radius 1 is 0.684 bits per heavy atom. The molecule has 0 heterocycles. The van der Waals surface area contributed by atoms with Crippen LogP contribution in [0, 0.1) is 21.7 Å². The van der Waals surface area contributed by atoms with E-state index >= 15 is 0 Å². The average molecular weight is 539 g/mol. The zero-order valence-corrected chi connectivity index (χ0v) is 24.0. The number of carbonyl (C=O) groups excluding carboxylic acids is 4. The zero-order chi connectivity index (χ0) is 28.8. The van der Waals surface area contributed by atoms with Crippen molar-refractivity contribution >= 4 is 23.9 Å². The van der Waals surface area contributed by atoms with Crippen LogP contribution in [0.2, 0.25) is 0 Å². The molecule has 12 heteroatoms. The highest BCUT2D eigenvalue weighted by Gasteiger charge is 2.43. The Morgan fingerprint density at radius 3 is 1.66 bits per heavy atom. The van der Waals surface area contributed by atoms with Gasteiger partial charge in [-0.2, -0.15) is 0 Å². The number of amides is 6. The largest absolute Gasteiger partial charge is 0.338 e. The molecular weight excluding hydrogens is 488 g/mol. The molecule has 0 aromatic carbocycles. The number of carbonyl (C=O) groups is 4. The molecule has 0 bridgehead atoms. The van der Waals surface area contributed by atoms with Crippen molar-refractivity contribution in [3.63, 3.8) is 0 Å². The fourth-order valence-electron chi connectivity index (χ4n) is 7.32. The number of hydrogen-bond donors (Lipinski definition) is 8. The molecule has 2 aliphatic rings. The molecule has 10 N–H and O–H groups in total. The second kappa shape index (κ2) is 12.5. The van der Waals surface area contributed by atoms with Crippen LogP contribution in [0.1, 0.15) is 92.9 Å². The third-order valence-corrected chi connectivity index (χ3v) is 7.95. The first-order chi connectivity index (χ1) is 17.5. The van der Waals surface area contributed by atoms with E-state index < -0.39 is 12.1 Å². The molecule has 0 aromatic heterocycles. The smallest absolute Gasteiger partial charge is 0.329 e. The van der Waals surface area contributed by atoms with Crippen molar-refractivity contribution in [1.82, 2.24) is 32.1 Å². The van der Waals surface area contributed by atoms with Gasteiger partial charge in [-0.1, -0.05) is 41.5 Å². The average Bonchev–Trinajstić information content (AvgIpc) is 2.77. The Kier molecular flexibility index (Phi) is 10.4. The summed E-state index contributed by atoms with van der Waals surface area (Å²) in [5.41, 5.74) is 3.91. The lowest BCUT2D eigenvalue weighted by Crippen LogP contribution is -2.53. The number of Topliss-reactive ketones (excluding diaryl/α,β-unsaturated/α-hetero) is 1. The molecule has 218 valence electrons. The van der Waals surface area contributed by atoms with E-state index in [-0.39, 0.29) is 52.1 Å². The Morgan fingerprint density at radius 2 is 1.16 bits per heavy atom. The number of nitrogens with two attached hydrogens (primary N) is 2. The summed E-state index contributed by atoms with van der Waals surface area (Å²) in [6, 6.07) is -1.27. The van der Waals surface area contributed by atoms with Crippen molar-refractivity contribution in [1.29, 1.82) is 0 Å². The molecule has 2 saturated carbocycles. The molecule has 0 aliphatic heterocycles. The van der Waals surface area contributed by atoms with Gasteiger partial charge in [0.15, 0.2) is 5.78 Å². The Bertz CT molecular complexity index is 809. The van der Waals surface area contributed by atoms with Gasteiger partial charge in [-0.25, -0.2) is 26.1 Å². The Labute approximate surface area is 226 Å². The minimum atomic E-state index is -0.419. The Hall–Kier alpha value is -2.60. The molecule has 38 heavy (non-hydrogen) atoms. The first-order valence-electron chi connectivity index (χ1n) is 13.6. The molecule has 2 fully saturated rings. The lowest BCUT2D eigenvalue weighted by Gasteiger charge is -2.47. The van der Waals surface area contributed by atoms with Crippen molar-refractivity contribution in [3.8, 4) is 0 Å². The topological polar surface area (TPSA) is 192 Å². The molecule has 0 aromatic rings. The molecule has 0 spiro atoms. The van der Waals surface area contributed by atoms with E-state index in [0.717, 1.165) is 32.1 Å². The third kappa shape index (κ3) is 10.3. The monoisotopic (exact) mass is 538 g/mol. The molecule has 2 aliphatic carbocycles. The molecule has 2 rings (SSSR count). The summed E-state index contributed by atoms with van der Waals surface area (Å²) in [4.78, 5) is 48.6. The zero-order valence-electron chi connectivity index (χ0n) is 24.0. The van der Waals surface area contributed by atoms with E-state index in [0.29, 0.717) is 25.8 Å². The molecule has 0 radical (unpaired) electrons. The van der Waals surface area contributed by atoms with Gasteiger partial charge in [0.05, 0.1) is 6.54 Å². The predicted octanol–water partition coefficient (Wildman–Crippen LogP) is 2.15. The summed E-state index contributed by atoms with van der Waals surface area (Å²) in [5, 5.41) is 11.4. The van der Waals surface area contributed by atoms with Crippen molar-refractivity contribution in [3.05, 3.63) is 0 Å². The Balaban J connectivity index is 1.81. The van der Waals surface area contributed by atoms with Crippen LogP contribution in [0.25, 0.3) is 0 Å². The number of hydrogen-bond acceptors (Lipinski definition) is 6. The summed E-state index contributed by atoms with van der Waals surface area (Å²) < 4.78 is 0. The molecule has 0 saturated heterocycles. The second-order valence-electron chi connectivity index (χ2n) is 13.8. The van der Waals surface area contributed by atoms with Gasteiger partial charge in [0.2, 0.25) is 0 Å². The van der Waals surface area contributed by atoms with Gasteiger partial charge >= 0.3 is 18.1 Å². The van der Waals surface area contributed by atoms with E-state index in [9.17, 15) is 19.2 Å². The van der Waals surface area contributed by atoms with Crippen LogP contribution in [-0.2, 0) is 4.79 Å². The first kappa shape index (κ1) is 31.6. The van der Waals surface area contributed by atoms with Gasteiger partial charge in [0.1, 0.15) is 0 Å². The fourth-order valence-corrected chi connectivity index (χ4v) is 7.32. The summed E-state index contributed by atoms with van der Waals surface area (Å²) >= 11 is 0. The van der Waals surface area contributed by atoms with Crippen LogP contribution in [0.15, 0.2) is 0 Å². The summed E-state index contributed by atoms with van der Waals surface area (Å²) in [7, 11) is 0. The highest BCUT2D eigenvalue weighted by atomic mass is 16.2. The predicted molar refractivity (Wildman–Crippen MR) is 146 cm³/mol. The number of ketones is 1. The van der Waals surface area contributed by atoms with Crippen LogP contribution in [-0.4, -0.2) is 49.0 Å². The molecule has 6 amide bonds. The number of urea groups is 3. The minimum absolute atomic E-state index is 0.0138. The van der Waals surface area contributed by atoms with Crippen molar-refractivity contribution in [2.24, 2.45) is 33.3 Å².